The summed E-state index contributed by atoms with van der Waals surface area (Å²) in [4.78, 5) is 13.3. The molecule has 0 radical (unpaired) electrons. The number of aryl methyl sites for hydroxylation is 1. The van der Waals surface area contributed by atoms with Gasteiger partial charge in [0.2, 0.25) is 0 Å². The fraction of sp³-hybridized carbons (Fsp3) is 0.353. The van der Waals surface area contributed by atoms with Crippen LogP contribution in [0.1, 0.15) is 23.8 Å². The Kier molecular flexibility index (Phi) is 6.44. The molecule has 1 heterocycles. The average Bonchev–Trinajstić information content (AvgIpc) is 3.02. The van der Waals surface area contributed by atoms with Crippen molar-refractivity contribution < 1.29 is 9.53 Å². The highest BCUT2D eigenvalue weighted by molar-refractivity contribution is 7.09. The van der Waals surface area contributed by atoms with Crippen LogP contribution in [0.2, 0.25) is 0 Å². The number of benzene rings is 1. The van der Waals surface area contributed by atoms with Crippen LogP contribution in [0, 0.1) is 0 Å². The first-order valence-corrected chi connectivity index (χ1v) is 8.14. The van der Waals surface area contributed by atoms with Crippen LogP contribution in [0.25, 0.3) is 0 Å². The number of esters is 1. The van der Waals surface area contributed by atoms with E-state index in [0.29, 0.717) is 13.2 Å². The van der Waals surface area contributed by atoms with Gasteiger partial charge >= 0.3 is 5.97 Å². The van der Waals surface area contributed by atoms with E-state index >= 15 is 0 Å². The zero-order valence-corrected chi connectivity index (χ0v) is 13.1. The highest BCUT2D eigenvalue weighted by Crippen LogP contribution is 2.10. The quantitative estimate of drug-likeness (QED) is 0.760. The first-order valence-electron chi connectivity index (χ1n) is 7.26. The van der Waals surface area contributed by atoms with Gasteiger partial charge in [-0.15, -0.1) is 11.3 Å². The molecule has 0 bridgehead atoms. The van der Waals surface area contributed by atoms with Gasteiger partial charge in [-0.2, -0.15) is 0 Å². The van der Waals surface area contributed by atoms with E-state index in [1.54, 1.807) is 11.3 Å². The van der Waals surface area contributed by atoms with Crippen LogP contribution >= 0.6 is 11.3 Å². The molecule has 1 N–H and O–H groups in total. The Morgan fingerprint density at radius 3 is 2.71 bits per heavy atom. The summed E-state index contributed by atoms with van der Waals surface area (Å²) in [5.74, 6) is -0.162. The van der Waals surface area contributed by atoms with Gasteiger partial charge in [-0.25, -0.2) is 0 Å². The van der Waals surface area contributed by atoms with E-state index in [2.05, 4.69) is 23.5 Å². The number of hydrogen-bond acceptors (Lipinski definition) is 4. The minimum Gasteiger partial charge on any atom is -0.465 e. The van der Waals surface area contributed by atoms with Gasteiger partial charge in [0.1, 0.15) is 6.04 Å². The molecule has 0 saturated heterocycles. The van der Waals surface area contributed by atoms with Crippen molar-refractivity contribution >= 4 is 17.3 Å². The van der Waals surface area contributed by atoms with Gasteiger partial charge in [-0.05, 0) is 36.8 Å². The maximum atomic E-state index is 12.0. The minimum absolute atomic E-state index is 0.162. The molecule has 1 aromatic carbocycles. The lowest BCUT2D eigenvalue weighted by atomic mass is 10.1. The number of carbonyl (C=O) groups excluding carboxylic acids is 1. The van der Waals surface area contributed by atoms with Crippen molar-refractivity contribution in [3.8, 4) is 0 Å². The zero-order chi connectivity index (χ0) is 14.9. The molecule has 0 spiro atoms. The maximum Gasteiger partial charge on any atom is 0.323 e. The van der Waals surface area contributed by atoms with E-state index in [1.807, 2.05) is 36.6 Å². The lowest BCUT2D eigenvalue weighted by Gasteiger charge is -2.17. The molecular weight excluding hydrogens is 282 g/mol. The molecule has 3 nitrogen and oxygen atoms in total. The number of carbonyl (C=O) groups is 1. The largest absolute Gasteiger partial charge is 0.465 e. The fourth-order valence-corrected chi connectivity index (χ4v) is 2.79. The second kappa shape index (κ2) is 8.60. The van der Waals surface area contributed by atoms with Gasteiger partial charge < -0.3 is 4.74 Å². The summed E-state index contributed by atoms with van der Waals surface area (Å²) in [6.07, 6.45) is 1.61. The Labute approximate surface area is 130 Å². The molecule has 2 rings (SSSR count). The molecule has 0 saturated carbocycles. The molecule has 1 atom stereocenters. The van der Waals surface area contributed by atoms with Gasteiger partial charge in [-0.1, -0.05) is 36.4 Å². The average molecular weight is 303 g/mol. The molecule has 1 unspecified atom stereocenters. The van der Waals surface area contributed by atoms with Crippen LogP contribution in [0.15, 0.2) is 47.8 Å². The predicted molar refractivity (Wildman–Crippen MR) is 86.3 cm³/mol. The van der Waals surface area contributed by atoms with Gasteiger partial charge in [0.15, 0.2) is 0 Å². The lowest BCUT2D eigenvalue weighted by Crippen LogP contribution is -2.38. The molecule has 0 aliphatic rings. The van der Waals surface area contributed by atoms with E-state index in [0.717, 1.165) is 12.8 Å². The molecule has 0 aliphatic carbocycles. The van der Waals surface area contributed by atoms with Gasteiger partial charge in [-0.3, -0.25) is 10.1 Å². The van der Waals surface area contributed by atoms with Crippen molar-refractivity contribution in [1.29, 1.82) is 0 Å². The summed E-state index contributed by atoms with van der Waals surface area (Å²) < 4.78 is 5.16. The topological polar surface area (TPSA) is 38.3 Å². The van der Waals surface area contributed by atoms with Crippen LogP contribution in [0.5, 0.6) is 0 Å². The third-order valence-electron chi connectivity index (χ3n) is 3.24. The minimum atomic E-state index is -0.257. The normalized spacial score (nSPS) is 12.0. The highest BCUT2D eigenvalue weighted by Gasteiger charge is 2.19. The van der Waals surface area contributed by atoms with Crippen molar-refractivity contribution in [2.75, 3.05) is 6.61 Å². The summed E-state index contributed by atoms with van der Waals surface area (Å²) in [6, 6.07) is 14.0. The van der Waals surface area contributed by atoms with E-state index in [4.69, 9.17) is 4.74 Å². The van der Waals surface area contributed by atoms with Gasteiger partial charge in [0, 0.05) is 11.4 Å². The number of rotatable bonds is 8. The Balaban J connectivity index is 1.90. The smallest absolute Gasteiger partial charge is 0.323 e. The zero-order valence-electron chi connectivity index (χ0n) is 12.2. The number of ether oxygens (including phenoxy) is 1. The second-order valence-corrected chi connectivity index (χ2v) is 5.82. The standard InChI is InChI=1S/C17H21NO2S/c1-2-20-17(19)16(18-13-15-9-6-12-21-15)11-10-14-7-4-3-5-8-14/h3-9,12,16,18H,2,10-11,13H2,1H3. The van der Waals surface area contributed by atoms with Gasteiger partial charge in [0.05, 0.1) is 6.61 Å². The first kappa shape index (κ1) is 15.7. The van der Waals surface area contributed by atoms with E-state index in [-0.39, 0.29) is 12.0 Å². The number of hydrogen-bond donors (Lipinski definition) is 1. The van der Waals surface area contributed by atoms with E-state index in [1.165, 1.54) is 10.4 Å². The molecular formula is C17H21NO2S. The third-order valence-corrected chi connectivity index (χ3v) is 4.11. The van der Waals surface area contributed by atoms with Crippen molar-refractivity contribution in [2.45, 2.75) is 32.4 Å². The second-order valence-electron chi connectivity index (χ2n) is 4.79. The third kappa shape index (κ3) is 5.33. The Hall–Kier alpha value is -1.65. The van der Waals surface area contributed by atoms with Crippen molar-refractivity contribution in [3.05, 3.63) is 58.3 Å². The van der Waals surface area contributed by atoms with Crippen molar-refractivity contribution in [2.24, 2.45) is 0 Å². The summed E-state index contributed by atoms with van der Waals surface area (Å²) in [5, 5.41) is 5.35. The number of thiophene rings is 1. The summed E-state index contributed by atoms with van der Waals surface area (Å²) in [7, 11) is 0. The van der Waals surface area contributed by atoms with Crippen LogP contribution in [-0.4, -0.2) is 18.6 Å². The Bertz CT molecular complexity index is 525. The van der Waals surface area contributed by atoms with E-state index in [9.17, 15) is 4.79 Å². The summed E-state index contributed by atoms with van der Waals surface area (Å²) in [6.45, 7) is 2.96. The molecule has 2 aromatic rings. The predicted octanol–water partition coefficient (Wildman–Crippen LogP) is 3.40. The van der Waals surface area contributed by atoms with E-state index < -0.39 is 0 Å². The van der Waals surface area contributed by atoms with Crippen molar-refractivity contribution in [3.63, 3.8) is 0 Å². The molecule has 0 amide bonds. The summed E-state index contributed by atoms with van der Waals surface area (Å²) in [5.41, 5.74) is 1.24. The molecule has 1 aromatic heterocycles. The molecule has 0 fully saturated rings. The van der Waals surface area contributed by atoms with Crippen LogP contribution in [0.4, 0.5) is 0 Å². The fourth-order valence-electron chi connectivity index (χ4n) is 2.14. The van der Waals surface area contributed by atoms with Crippen LogP contribution in [0.3, 0.4) is 0 Å². The number of nitrogens with one attached hydrogen (secondary N) is 1. The molecule has 4 heteroatoms. The Morgan fingerprint density at radius 1 is 1.24 bits per heavy atom. The first-order chi connectivity index (χ1) is 10.3. The maximum absolute atomic E-state index is 12.0. The highest BCUT2D eigenvalue weighted by atomic mass is 32.1. The molecule has 0 aliphatic heterocycles. The van der Waals surface area contributed by atoms with Crippen LogP contribution in [-0.2, 0) is 22.5 Å². The molecule has 112 valence electrons. The summed E-state index contributed by atoms with van der Waals surface area (Å²) >= 11 is 1.69. The van der Waals surface area contributed by atoms with Crippen molar-refractivity contribution in [1.82, 2.24) is 5.32 Å². The molecule has 21 heavy (non-hydrogen) atoms. The Morgan fingerprint density at radius 2 is 2.05 bits per heavy atom. The van der Waals surface area contributed by atoms with Gasteiger partial charge in [0.25, 0.3) is 0 Å². The lowest BCUT2D eigenvalue weighted by molar-refractivity contribution is -0.145. The monoisotopic (exact) mass is 303 g/mol. The SMILES string of the molecule is CCOC(=O)C(CCc1ccccc1)NCc1cccs1. The van der Waals surface area contributed by atoms with Crippen LogP contribution < -0.4 is 5.32 Å².